The lowest BCUT2D eigenvalue weighted by atomic mass is 10.2. The smallest absolute Gasteiger partial charge is 0.343 e. The van der Waals surface area contributed by atoms with Gasteiger partial charge in [-0.15, -0.1) is 0 Å². The molecule has 0 aliphatic carbocycles. The van der Waals surface area contributed by atoms with Gasteiger partial charge in [0.15, 0.2) is 6.61 Å². The minimum absolute atomic E-state index is 0.157. The number of ether oxygens (including phenoxy) is 3. The minimum atomic E-state index is -0.457. The van der Waals surface area contributed by atoms with Crippen molar-refractivity contribution in [3.8, 4) is 5.75 Å². The maximum absolute atomic E-state index is 11.5. The van der Waals surface area contributed by atoms with Gasteiger partial charge in [-0.1, -0.05) is 6.92 Å². The fourth-order valence-electron chi connectivity index (χ4n) is 1.17. The number of carbonyl (C=O) groups is 2. The van der Waals surface area contributed by atoms with Crippen molar-refractivity contribution in [1.82, 2.24) is 0 Å². The van der Waals surface area contributed by atoms with Gasteiger partial charge >= 0.3 is 11.9 Å². The summed E-state index contributed by atoms with van der Waals surface area (Å²) >= 11 is 0. The summed E-state index contributed by atoms with van der Waals surface area (Å²) < 4.78 is 14.6. The standard InChI is InChI=1S/C13H16O5/c1-3-8-17-13(15)10-4-6-11(7-5-10)18-9-12(14)16-2/h4-7H,3,8-9H2,1-2H3. The van der Waals surface area contributed by atoms with Gasteiger partial charge in [-0.25, -0.2) is 9.59 Å². The van der Waals surface area contributed by atoms with E-state index in [0.29, 0.717) is 17.9 Å². The molecule has 0 bridgehead atoms. The Balaban J connectivity index is 2.51. The highest BCUT2D eigenvalue weighted by Gasteiger charge is 2.07. The summed E-state index contributed by atoms with van der Waals surface area (Å²) in [6, 6.07) is 6.38. The number of methoxy groups -OCH3 is 1. The van der Waals surface area contributed by atoms with Crippen molar-refractivity contribution in [1.29, 1.82) is 0 Å². The molecule has 0 radical (unpaired) electrons. The molecule has 0 heterocycles. The minimum Gasteiger partial charge on any atom is -0.482 e. The Hall–Kier alpha value is -2.04. The van der Waals surface area contributed by atoms with E-state index in [1.807, 2.05) is 6.92 Å². The lowest BCUT2D eigenvalue weighted by Crippen LogP contribution is -2.12. The van der Waals surface area contributed by atoms with Gasteiger partial charge < -0.3 is 14.2 Å². The molecule has 5 nitrogen and oxygen atoms in total. The molecule has 0 aliphatic rings. The summed E-state index contributed by atoms with van der Waals surface area (Å²) in [5.74, 6) is -0.328. The third-order valence-electron chi connectivity index (χ3n) is 2.11. The highest BCUT2D eigenvalue weighted by Crippen LogP contribution is 2.13. The molecule has 0 N–H and O–H groups in total. The number of esters is 2. The highest BCUT2D eigenvalue weighted by atomic mass is 16.6. The second-order valence-electron chi connectivity index (χ2n) is 3.53. The van der Waals surface area contributed by atoms with E-state index in [9.17, 15) is 9.59 Å². The van der Waals surface area contributed by atoms with Crippen molar-refractivity contribution in [3.05, 3.63) is 29.8 Å². The molecule has 0 unspecified atom stereocenters. The van der Waals surface area contributed by atoms with Gasteiger partial charge in [-0.2, -0.15) is 0 Å². The molecule has 0 fully saturated rings. The van der Waals surface area contributed by atoms with E-state index in [2.05, 4.69) is 4.74 Å². The van der Waals surface area contributed by atoms with Crippen molar-refractivity contribution in [2.24, 2.45) is 0 Å². The largest absolute Gasteiger partial charge is 0.482 e. The number of benzene rings is 1. The molecule has 0 atom stereocenters. The average molecular weight is 252 g/mol. The van der Waals surface area contributed by atoms with Crippen molar-refractivity contribution < 1.29 is 23.8 Å². The maximum Gasteiger partial charge on any atom is 0.343 e. The van der Waals surface area contributed by atoms with Crippen LogP contribution in [0.3, 0.4) is 0 Å². The molecule has 1 aromatic rings. The Labute approximate surface area is 106 Å². The lowest BCUT2D eigenvalue weighted by molar-refractivity contribution is -0.142. The molecule has 0 aromatic heterocycles. The first kappa shape index (κ1) is 14.0. The molecule has 98 valence electrons. The Morgan fingerprint density at radius 2 is 1.83 bits per heavy atom. The highest BCUT2D eigenvalue weighted by molar-refractivity contribution is 5.89. The van der Waals surface area contributed by atoms with Gasteiger partial charge in [0, 0.05) is 0 Å². The molecule has 1 rings (SSSR count). The van der Waals surface area contributed by atoms with E-state index in [1.54, 1.807) is 24.3 Å². The fraction of sp³-hybridized carbons (Fsp3) is 0.385. The van der Waals surface area contributed by atoms with Gasteiger partial charge in [0.05, 0.1) is 19.3 Å². The first-order valence-corrected chi connectivity index (χ1v) is 5.64. The zero-order valence-corrected chi connectivity index (χ0v) is 10.5. The second-order valence-corrected chi connectivity index (χ2v) is 3.53. The molecule has 0 saturated carbocycles. The predicted octanol–water partition coefficient (Wildman–Crippen LogP) is 1.81. The van der Waals surface area contributed by atoms with E-state index in [0.717, 1.165) is 6.42 Å². The van der Waals surface area contributed by atoms with Crippen LogP contribution in [0.1, 0.15) is 23.7 Å². The number of hydrogen-bond acceptors (Lipinski definition) is 5. The molecule has 0 spiro atoms. The molecular weight excluding hydrogens is 236 g/mol. The summed E-state index contributed by atoms with van der Waals surface area (Å²) in [6.45, 7) is 2.17. The first-order chi connectivity index (χ1) is 8.67. The Bertz CT molecular complexity index is 396. The van der Waals surface area contributed by atoms with Crippen LogP contribution in [0, 0.1) is 0 Å². The van der Waals surface area contributed by atoms with E-state index in [-0.39, 0.29) is 12.6 Å². The number of hydrogen-bond donors (Lipinski definition) is 0. The van der Waals surface area contributed by atoms with Gasteiger partial charge in [0.1, 0.15) is 5.75 Å². The zero-order valence-electron chi connectivity index (χ0n) is 10.5. The van der Waals surface area contributed by atoms with Crippen LogP contribution in [0.15, 0.2) is 24.3 Å². The van der Waals surface area contributed by atoms with Crippen molar-refractivity contribution in [2.45, 2.75) is 13.3 Å². The predicted molar refractivity (Wildman–Crippen MR) is 64.5 cm³/mol. The summed E-state index contributed by atoms with van der Waals surface area (Å²) in [4.78, 5) is 22.3. The summed E-state index contributed by atoms with van der Waals surface area (Å²) in [7, 11) is 1.29. The number of carbonyl (C=O) groups excluding carboxylic acids is 2. The third kappa shape index (κ3) is 4.45. The Morgan fingerprint density at radius 3 is 2.39 bits per heavy atom. The molecular formula is C13H16O5. The van der Waals surface area contributed by atoms with Crippen LogP contribution in [0.2, 0.25) is 0 Å². The third-order valence-corrected chi connectivity index (χ3v) is 2.11. The van der Waals surface area contributed by atoms with E-state index in [1.165, 1.54) is 7.11 Å². The van der Waals surface area contributed by atoms with E-state index >= 15 is 0 Å². The summed E-state index contributed by atoms with van der Waals surface area (Å²) in [5.41, 5.74) is 0.453. The van der Waals surface area contributed by atoms with Gasteiger partial charge in [-0.05, 0) is 30.7 Å². The molecule has 1 aromatic carbocycles. The fourth-order valence-corrected chi connectivity index (χ4v) is 1.17. The van der Waals surface area contributed by atoms with E-state index < -0.39 is 5.97 Å². The molecule has 0 amide bonds. The van der Waals surface area contributed by atoms with Crippen LogP contribution in [-0.4, -0.2) is 32.3 Å². The van der Waals surface area contributed by atoms with E-state index in [4.69, 9.17) is 9.47 Å². The molecule has 0 aliphatic heterocycles. The van der Waals surface area contributed by atoms with Crippen molar-refractivity contribution in [2.75, 3.05) is 20.3 Å². The van der Waals surface area contributed by atoms with Gasteiger partial charge in [-0.3, -0.25) is 0 Å². The Kier molecular flexibility index (Phi) is 5.70. The molecule has 0 saturated heterocycles. The number of rotatable bonds is 6. The summed E-state index contributed by atoms with van der Waals surface area (Å²) in [5, 5.41) is 0. The second kappa shape index (κ2) is 7.32. The maximum atomic E-state index is 11.5. The van der Waals surface area contributed by atoms with Crippen molar-refractivity contribution >= 4 is 11.9 Å². The van der Waals surface area contributed by atoms with Crippen LogP contribution in [0.25, 0.3) is 0 Å². The monoisotopic (exact) mass is 252 g/mol. The quantitative estimate of drug-likeness (QED) is 0.722. The molecule has 18 heavy (non-hydrogen) atoms. The van der Waals surface area contributed by atoms with Crippen LogP contribution in [0.5, 0.6) is 5.75 Å². The van der Waals surface area contributed by atoms with Gasteiger partial charge in [0.2, 0.25) is 0 Å². The first-order valence-electron chi connectivity index (χ1n) is 5.64. The lowest BCUT2D eigenvalue weighted by Gasteiger charge is -2.06. The summed E-state index contributed by atoms with van der Waals surface area (Å²) in [6.07, 6.45) is 0.784. The van der Waals surface area contributed by atoms with Crippen LogP contribution in [0.4, 0.5) is 0 Å². The SMILES string of the molecule is CCCOC(=O)c1ccc(OCC(=O)OC)cc1. The average Bonchev–Trinajstić information content (AvgIpc) is 2.42. The molecule has 5 heteroatoms. The van der Waals surface area contributed by atoms with Crippen LogP contribution < -0.4 is 4.74 Å². The normalized spacial score (nSPS) is 9.67. The topological polar surface area (TPSA) is 61.8 Å². The van der Waals surface area contributed by atoms with Crippen LogP contribution in [-0.2, 0) is 14.3 Å². The van der Waals surface area contributed by atoms with Crippen LogP contribution >= 0.6 is 0 Å². The van der Waals surface area contributed by atoms with Crippen molar-refractivity contribution in [3.63, 3.8) is 0 Å². The zero-order chi connectivity index (χ0) is 13.4. The van der Waals surface area contributed by atoms with Gasteiger partial charge in [0.25, 0.3) is 0 Å². The Morgan fingerprint density at radius 1 is 1.17 bits per heavy atom.